The number of oxazole rings is 1. The van der Waals surface area contributed by atoms with Crippen molar-refractivity contribution >= 4 is 33.2 Å². The number of benzene rings is 2. The number of sulfonamides is 1. The van der Waals surface area contributed by atoms with Gasteiger partial charge in [0.2, 0.25) is 21.8 Å². The summed E-state index contributed by atoms with van der Waals surface area (Å²) in [5, 5.41) is 3.25. The Kier molecular flexibility index (Phi) is 6.85. The molecule has 33 heavy (non-hydrogen) atoms. The van der Waals surface area contributed by atoms with Crippen molar-refractivity contribution in [3.05, 3.63) is 65.0 Å². The lowest BCUT2D eigenvalue weighted by atomic mass is 10.2. The van der Waals surface area contributed by atoms with Crippen LogP contribution in [0, 0.1) is 6.92 Å². The van der Waals surface area contributed by atoms with Gasteiger partial charge in [-0.3, -0.25) is 9.69 Å². The van der Waals surface area contributed by atoms with Crippen LogP contribution >= 0.6 is 11.6 Å². The van der Waals surface area contributed by atoms with E-state index in [0.29, 0.717) is 49.3 Å². The first kappa shape index (κ1) is 23.4. The van der Waals surface area contributed by atoms with Crippen LogP contribution in [0.5, 0.6) is 0 Å². The van der Waals surface area contributed by atoms with Crippen molar-refractivity contribution in [2.75, 3.05) is 31.5 Å². The van der Waals surface area contributed by atoms with Gasteiger partial charge in [-0.2, -0.15) is 4.31 Å². The summed E-state index contributed by atoms with van der Waals surface area (Å²) < 4.78 is 33.3. The fourth-order valence-electron chi connectivity index (χ4n) is 3.72. The van der Waals surface area contributed by atoms with Gasteiger partial charge in [-0.05, 0) is 49.4 Å². The highest BCUT2D eigenvalue weighted by Gasteiger charge is 2.29. The molecule has 10 heteroatoms. The Bertz CT molecular complexity index is 1250. The molecule has 1 amide bonds. The van der Waals surface area contributed by atoms with Crippen molar-refractivity contribution in [2.45, 2.75) is 25.3 Å². The van der Waals surface area contributed by atoms with Crippen LogP contribution in [-0.2, 0) is 21.4 Å². The maximum Gasteiger partial charge on any atom is 0.243 e. The number of amides is 1. The van der Waals surface area contributed by atoms with Crippen LogP contribution in [0.15, 0.2) is 57.8 Å². The van der Waals surface area contributed by atoms with E-state index >= 15 is 0 Å². The van der Waals surface area contributed by atoms with Crippen molar-refractivity contribution in [3.63, 3.8) is 0 Å². The van der Waals surface area contributed by atoms with Crippen molar-refractivity contribution in [1.29, 1.82) is 0 Å². The molecule has 0 spiro atoms. The summed E-state index contributed by atoms with van der Waals surface area (Å²) in [7, 11) is -3.60. The average Bonchev–Trinajstić information content (AvgIpc) is 3.14. The monoisotopic (exact) mass is 488 g/mol. The zero-order valence-corrected chi connectivity index (χ0v) is 20.0. The van der Waals surface area contributed by atoms with E-state index in [2.05, 4.69) is 15.2 Å². The van der Waals surface area contributed by atoms with E-state index in [0.717, 1.165) is 17.0 Å². The van der Waals surface area contributed by atoms with Gasteiger partial charge in [-0.1, -0.05) is 17.7 Å². The van der Waals surface area contributed by atoms with Crippen molar-refractivity contribution in [2.24, 2.45) is 0 Å². The first-order chi connectivity index (χ1) is 15.7. The van der Waals surface area contributed by atoms with Crippen LogP contribution in [0.4, 0.5) is 5.69 Å². The smallest absolute Gasteiger partial charge is 0.243 e. The SMILES string of the molecule is CC(=O)Nc1ccc(S(=O)(=O)N2CCN(Cc3nc(-c4cccc(Cl)c4)oc3C)CC2)cc1. The van der Waals surface area contributed by atoms with E-state index in [-0.39, 0.29) is 10.8 Å². The van der Waals surface area contributed by atoms with Gasteiger partial charge < -0.3 is 9.73 Å². The number of halogens is 1. The molecule has 0 bridgehead atoms. The standard InChI is InChI=1S/C23H25ClN4O4S/c1-16-22(26-23(32-16)18-4-3-5-19(24)14-18)15-27-10-12-28(13-11-27)33(30,31)21-8-6-20(7-9-21)25-17(2)29/h3-9,14H,10-13,15H2,1-2H3,(H,25,29). The van der Waals surface area contributed by atoms with Gasteiger partial charge in [0.25, 0.3) is 0 Å². The van der Waals surface area contributed by atoms with E-state index < -0.39 is 10.0 Å². The Morgan fingerprint density at radius 2 is 1.82 bits per heavy atom. The number of rotatable bonds is 6. The molecule has 0 radical (unpaired) electrons. The Morgan fingerprint density at radius 3 is 2.45 bits per heavy atom. The minimum absolute atomic E-state index is 0.205. The molecular weight excluding hydrogens is 464 g/mol. The molecule has 1 aromatic heterocycles. The van der Waals surface area contributed by atoms with Crippen LogP contribution in [-0.4, -0.2) is 54.7 Å². The maximum atomic E-state index is 13.0. The molecule has 1 saturated heterocycles. The fourth-order valence-corrected chi connectivity index (χ4v) is 5.33. The highest BCUT2D eigenvalue weighted by molar-refractivity contribution is 7.89. The molecule has 8 nitrogen and oxygen atoms in total. The second-order valence-corrected chi connectivity index (χ2v) is 10.3. The Labute approximate surface area is 198 Å². The number of aryl methyl sites for hydroxylation is 1. The molecule has 0 aliphatic carbocycles. The molecule has 0 atom stereocenters. The summed E-state index contributed by atoms with van der Waals surface area (Å²) >= 11 is 6.07. The van der Waals surface area contributed by atoms with Gasteiger partial charge in [0.1, 0.15) is 5.76 Å². The number of hydrogen-bond donors (Lipinski definition) is 1. The normalized spacial score (nSPS) is 15.5. The summed E-state index contributed by atoms with van der Waals surface area (Å²) in [5.41, 5.74) is 2.21. The molecule has 1 fully saturated rings. The third-order valence-electron chi connectivity index (χ3n) is 5.48. The summed E-state index contributed by atoms with van der Waals surface area (Å²) in [4.78, 5) is 18.2. The summed E-state index contributed by atoms with van der Waals surface area (Å²) in [6.07, 6.45) is 0. The molecule has 2 aromatic carbocycles. The lowest BCUT2D eigenvalue weighted by molar-refractivity contribution is -0.114. The fraction of sp³-hybridized carbons (Fsp3) is 0.304. The summed E-state index contributed by atoms with van der Waals surface area (Å²) in [6, 6.07) is 13.6. The molecule has 3 aromatic rings. The summed E-state index contributed by atoms with van der Waals surface area (Å²) in [5.74, 6) is 1.05. The van der Waals surface area contributed by atoms with Gasteiger partial charge in [0, 0.05) is 55.9 Å². The van der Waals surface area contributed by atoms with E-state index in [1.54, 1.807) is 18.2 Å². The van der Waals surface area contributed by atoms with E-state index in [9.17, 15) is 13.2 Å². The molecule has 0 saturated carbocycles. The molecule has 174 valence electrons. The number of nitrogens with zero attached hydrogens (tertiary/aromatic N) is 3. The lowest BCUT2D eigenvalue weighted by Gasteiger charge is -2.33. The average molecular weight is 489 g/mol. The predicted molar refractivity (Wildman–Crippen MR) is 126 cm³/mol. The van der Waals surface area contributed by atoms with Crippen molar-refractivity contribution in [3.8, 4) is 11.5 Å². The number of nitrogens with one attached hydrogen (secondary N) is 1. The molecule has 1 N–H and O–H groups in total. The second-order valence-electron chi connectivity index (χ2n) is 7.92. The van der Waals surface area contributed by atoms with E-state index in [1.165, 1.54) is 23.4 Å². The number of carbonyl (C=O) groups excluding carboxylic acids is 1. The highest BCUT2D eigenvalue weighted by Crippen LogP contribution is 2.26. The number of anilines is 1. The maximum absolute atomic E-state index is 13.0. The van der Waals surface area contributed by atoms with Crippen LogP contribution < -0.4 is 5.32 Å². The van der Waals surface area contributed by atoms with E-state index in [1.807, 2.05) is 25.1 Å². The van der Waals surface area contributed by atoms with Gasteiger partial charge in [-0.15, -0.1) is 0 Å². The number of hydrogen-bond acceptors (Lipinski definition) is 6. The topological polar surface area (TPSA) is 95.8 Å². The van der Waals surface area contributed by atoms with Gasteiger partial charge in [0.05, 0.1) is 10.6 Å². The lowest BCUT2D eigenvalue weighted by Crippen LogP contribution is -2.48. The zero-order chi connectivity index (χ0) is 23.6. The third-order valence-corrected chi connectivity index (χ3v) is 7.63. The largest absolute Gasteiger partial charge is 0.441 e. The second kappa shape index (κ2) is 9.64. The number of carbonyl (C=O) groups is 1. The quantitative estimate of drug-likeness (QED) is 0.567. The van der Waals surface area contributed by atoms with Gasteiger partial charge in [0.15, 0.2) is 0 Å². The van der Waals surface area contributed by atoms with Gasteiger partial charge in [-0.25, -0.2) is 13.4 Å². The minimum Gasteiger partial charge on any atom is -0.441 e. The Balaban J connectivity index is 1.38. The Hall–Kier alpha value is -2.72. The first-order valence-corrected chi connectivity index (χ1v) is 12.4. The first-order valence-electron chi connectivity index (χ1n) is 10.5. The minimum atomic E-state index is -3.60. The van der Waals surface area contributed by atoms with Crippen molar-refractivity contribution in [1.82, 2.24) is 14.2 Å². The molecule has 0 unspecified atom stereocenters. The predicted octanol–water partition coefficient (Wildman–Crippen LogP) is 3.77. The molecule has 2 heterocycles. The third kappa shape index (κ3) is 5.44. The van der Waals surface area contributed by atoms with Crippen LogP contribution in [0.1, 0.15) is 18.4 Å². The van der Waals surface area contributed by atoms with Crippen LogP contribution in [0.25, 0.3) is 11.5 Å². The Morgan fingerprint density at radius 1 is 1.12 bits per heavy atom. The van der Waals surface area contributed by atoms with Crippen LogP contribution in [0.3, 0.4) is 0 Å². The molecule has 1 aliphatic heterocycles. The summed E-state index contributed by atoms with van der Waals surface area (Å²) in [6.45, 7) is 5.80. The van der Waals surface area contributed by atoms with Gasteiger partial charge >= 0.3 is 0 Å². The van der Waals surface area contributed by atoms with Crippen LogP contribution in [0.2, 0.25) is 5.02 Å². The molecule has 1 aliphatic rings. The van der Waals surface area contributed by atoms with Crippen molar-refractivity contribution < 1.29 is 17.6 Å². The molecular formula is C23H25ClN4O4S. The number of aromatic nitrogens is 1. The molecule has 4 rings (SSSR count). The van der Waals surface area contributed by atoms with E-state index in [4.69, 9.17) is 16.0 Å². The highest BCUT2D eigenvalue weighted by atomic mass is 35.5. The number of piperazine rings is 1. The zero-order valence-electron chi connectivity index (χ0n) is 18.4.